The monoisotopic (exact) mass is 254 g/mol. The number of hydrogen-bond donors (Lipinski definition) is 1. The molecule has 18 heavy (non-hydrogen) atoms. The molecular weight excluding hydrogens is 232 g/mol. The molecule has 0 aromatic carbocycles. The first-order valence-electron chi connectivity index (χ1n) is 6.34. The Balaban J connectivity index is 3.15. The highest BCUT2D eigenvalue weighted by Crippen LogP contribution is 2.26. The third-order valence-corrected chi connectivity index (χ3v) is 2.87. The quantitative estimate of drug-likeness (QED) is 0.624. The molecule has 1 N–H and O–H groups in total. The molecule has 6 heteroatoms. The molecule has 1 unspecified atom stereocenters. The summed E-state index contributed by atoms with van der Waals surface area (Å²) in [6, 6.07) is 0.323. The summed E-state index contributed by atoms with van der Waals surface area (Å²) < 4.78 is 1.77. The van der Waals surface area contributed by atoms with Gasteiger partial charge in [-0.2, -0.15) is 5.10 Å². The fourth-order valence-electron chi connectivity index (χ4n) is 2.15. The zero-order chi connectivity index (χ0) is 13.9. The molecule has 0 aliphatic rings. The second-order valence-corrected chi connectivity index (χ2v) is 4.84. The summed E-state index contributed by atoms with van der Waals surface area (Å²) in [4.78, 5) is 10.8. The average Bonchev–Trinajstić information content (AvgIpc) is 2.55. The van der Waals surface area contributed by atoms with Crippen molar-refractivity contribution in [1.29, 1.82) is 0 Å². The molecule has 0 saturated heterocycles. The van der Waals surface area contributed by atoms with Crippen LogP contribution < -0.4 is 5.32 Å². The van der Waals surface area contributed by atoms with Crippen LogP contribution in [0.5, 0.6) is 0 Å². The molecule has 0 aliphatic carbocycles. The number of aryl methyl sites for hydroxylation is 1. The van der Waals surface area contributed by atoms with Gasteiger partial charge in [-0.3, -0.25) is 14.8 Å². The van der Waals surface area contributed by atoms with Crippen molar-refractivity contribution in [3.8, 4) is 0 Å². The van der Waals surface area contributed by atoms with Crippen LogP contribution in [0.1, 0.15) is 45.1 Å². The molecule has 1 atom stereocenters. The van der Waals surface area contributed by atoms with Crippen molar-refractivity contribution in [2.45, 2.75) is 53.1 Å². The number of nitrogens with one attached hydrogen (secondary N) is 1. The van der Waals surface area contributed by atoms with Crippen molar-refractivity contribution >= 4 is 5.69 Å². The zero-order valence-corrected chi connectivity index (χ0v) is 11.7. The Hall–Kier alpha value is -1.43. The van der Waals surface area contributed by atoms with Crippen LogP contribution in [0.3, 0.4) is 0 Å². The van der Waals surface area contributed by atoms with Crippen molar-refractivity contribution in [2.75, 3.05) is 6.54 Å². The van der Waals surface area contributed by atoms with Crippen LogP contribution in [0, 0.1) is 17.0 Å². The van der Waals surface area contributed by atoms with Gasteiger partial charge < -0.3 is 5.32 Å². The Labute approximate surface area is 108 Å². The first-order valence-corrected chi connectivity index (χ1v) is 6.34. The number of likely N-dealkylation sites (N-methyl/N-ethyl adjacent to an activating group) is 1. The average molecular weight is 254 g/mol. The van der Waals surface area contributed by atoms with Crippen molar-refractivity contribution in [3.05, 3.63) is 21.5 Å². The van der Waals surface area contributed by atoms with Crippen molar-refractivity contribution in [2.24, 2.45) is 0 Å². The van der Waals surface area contributed by atoms with Crippen LogP contribution in [0.15, 0.2) is 0 Å². The van der Waals surface area contributed by atoms with E-state index in [2.05, 4.69) is 10.4 Å². The van der Waals surface area contributed by atoms with Gasteiger partial charge in [-0.25, -0.2) is 0 Å². The van der Waals surface area contributed by atoms with E-state index >= 15 is 0 Å². The van der Waals surface area contributed by atoms with E-state index < -0.39 is 0 Å². The standard InChI is InChI=1S/C12H22N4O2/c1-6-13-9(4)7-11-12(16(17)18)10(5)14-15(11)8(2)3/h8-9,13H,6-7H2,1-5H3. The Morgan fingerprint density at radius 1 is 1.44 bits per heavy atom. The van der Waals surface area contributed by atoms with Gasteiger partial charge in [-0.15, -0.1) is 0 Å². The molecule has 1 rings (SSSR count). The highest BCUT2D eigenvalue weighted by molar-refractivity contribution is 5.41. The van der Waals surface area contributed by atoms with Gasteiger partial charge in [-0.05, 0) is 34.2 Å². The first kappa shape index (κ1) is 14.6. The maximum Gasteiger partial charge on any atom is 0.313 e. The molecule has 1 aromatic heterocycles. The Bertz CT molecular complexity index is 426. The predicted octanol–water partition coefficient (Wildman–Crippen LogP) is 2.22. The lowest BCUT2D eigenvalue weighted by molar-refractivity contribution is -0.386. The van der Waals surface area contributed by atoms with Gasteiger partial charge in [0.15, 0.2) is 0 Å². The minimum absolute atomic E-state index is 0.126. The fourth-order valence-corrected chi connectivity index (χ4v) is 2.15. The molecule has 0 radical (unpaired) electrons. The largest absolute Gasteiger partial charge is 0.314 e. The summed E-state index contributed by atoms with van der Waals surface area (Å²) in [6.07, 6.45) is 0.614. The van der Waals surface area contributed by atoms with Gasteiger partial charge in [0.25, 0.3) is 0 Å². The van der Waals surface area contributed by atoms with E-state index in [1.807, 2.05) is 27.7 Å². The Morgan fingerprint density at radius 2 is 2.06 bits per heavy atom. The zero-order valence-electron chi connectivity index (χ0n) is 11.7. The third kappa shape index (κ3) is 3.07. The lowest BCUT2D eigenvalue weighted by atomic mass is 10.1. The van der Waals surface area contributed by atoms with Crippen LogP contribution >= 0.6 is 0 Å². The Kier molecular flexibility index (Phi) is 4.84. The van der Waals surface area contributed by atoms with Crippen molar-refractivity contribution < 1.29 is 4.92 Å². The summed E-state index contributed by atoms with van der Waals surface area (Å²) in [7, 11) is 0. The summed E-state index contributed by atoms with van der Waals surface area (Å²) in [5.74, 6) is 0. The van der Waals surface area contributed by atoms with Crippen molar-refractivity contribution in [1.82, 2.24) is 15.1 Å². The number of aromatic nitrogens is 2. The number of rotatable bonds is 6. The summed E-state index contributed by atoms with van der Waals surface area (Å²) in [6.45, 7) is 10.6. The van der Waals surface area contributed by atoms with Crippen molar-refractivity contribution in [3.63, 3.8) is 0 Å². The lowest BCUT2D eigenvalue weighted by Gasteiger charge is -2.15. The van der Waals surface area contributed by atoms with E-state index in [1.54, 1.807) is 11.6 Å². The number of nitrogens with zero attached hydrogens (tertiary/aromatic N) is 3. The van der Waals surface area contributed by atoms with Gasteiger partial charge in [0.2, 0.25) is 0 Å². The number of nitro groups is 1. The summed E-state index contributed by atoms with van der Waals surface area (Å²) in [5.41, 5.74) is 1.36. The Morgan fingerprint density at radius 3 is 2.50 bits per heavy atom. The minimum Gasteiger partial charge on any atom is -0.314 e. The number of hydrogen-bond acceptors (Lipinski definition) is 4. The van der Waals surface area contributed by atoms with Gasteiger partial charge in [0.05, 0.1) is 4.92 Å². The molecule has 0 fully saturated rings. The molecule has 0 spiro atoms. The minimum atomic E-state index is -0.324. The lowest BCUT2D eigenvalue weighted by Crippen LogP contribution is -2.29. The predicted molar refractivity (Wildman–Crippen MR) is 70.8 cm³/mol. The van der Waals surface area contributed by atoms with Crippen LogP contribution in [-0.2, 0) is 6.42 Å². The molecule has 0 aliphatic heterocycles. The molecule has 6 nitrogen and oxygen atoms in total. The van der Waals surface area contributed by atoms with E-state index in [0.717, 1.165) is 6.54 Å². The van der Waals surface area contributed by atoms with Crippen LogP contribution in [-0.4, -0.2) is 27.3 Å². The molecule has 1 heterocycles. The maximum atomic E-state index is 11.1. The van der Waals surface area contributed by atoms with E-state index in [9.17, 15) is 10.1 Å². The van der Waals surface area contributed by atoms with Crippen LogP contribution in [0.4, 0.5) is 5.69 Å². The highest BCUT2D eigenvalue weighted by Gasteiger charge is 2.27. The molecule has 0 saturated carbocycles. The maximum absolute atomic E-state index is 11.1. The molecule has 0 bridgehead atoms. The molecule has 102 valence electrons. The molecule has 1 aromatic rings. The van der Waals surface area contributed by atoms with Crippen LogP contribution in [0.25, 0.3) is 0 Å². The van der Waals surface area contributed by atoms with Gasteiger partial charge in [0.1, 0.15) is 11.4 Å². The fraction of sp³-hybridized carbons (Fsp3) is 0.750. The first-order chi connectivity index (χ1) is 8.38. The van der Waals surface area contributed by atoms with Crippen LogP contribution in [0.2, 0.25) is 0 Å². The van der Waals surface area contributed by atoms with Gasteiger partial charge >= 0.3 is 5.69 Å². The summed E-state index contributed by atoms with van der Waals surface area (Å²) >= 11 is 0. The second-order valence-electron chi connectivity index (χ2n) is 4.84. The van der Waals surface area contributed by atoms with E-state index in [-0.39, 0.29) is 22.7 Å². The van der Waals surface area contributed by atoms with Gasteiger partial charge in [0, 0.05) is 18.5 Å². The molecule has 0 amide bonds. The normalized spacial score (nSPS) is 13.0. The smallest absolute Gasteiger partial charge is 0.313 e. The van der Waals surface area contributed by atoms with E-state index in [1.165, 1.54) is 0 Å². The topological polar surface area (TPSA) is 73.0 Å². The third-order valence-electron chi connectivity index (χ3n) is 2.87. The van der Waals surface area contributed by atoms with E-state index in [0.29, 0.717) is 17.8 Å². The summed E-state index contributed by atoms with van der Waals surface area (Å²) in [5, 5.41) is 18.7. The second kappa shape index (κ2) is 5.95. The van der Waals surface area contributed by atoms with Gasteiger partial charge in [-0.1, -0.05) is 6.92 Å². The van der Waals surface area contributed by atoms with E-state index in [4.69, 9.17) is 0 Å². The SMILES string of the molecule is CCNC(C)Cc1c([N+](=O)[O-])c(C)nn1C(C)C. The molecular formula is C12H22N4O2. The highest BCUT2D eigenvalue weighted by atomic mass is 16.6.